The van der Waals surface area contributed by atoms with Gasteiger partial charge in [0.15, 0.2) is 0 Å². The van der Waals surface area contributed by atoms with Gasteiger partial charge in [0.25, 0.3) is 0 Å². The number of para-hydroxylation sites is 1. The number of hydrogen-bond acceptors (Lipinski definition) is 0. The molecule has 0 spiro atoms. The van der Waals surface area contributed by atoms with E-state index in [1.165, 1.54) is 66.1 Å². The number of fused-ring (bicyclic) bond motifs is 4. The fourth-order valence-electron chi connectivity index (χ4n) is 5.40. The third-order valence-electron chi connectivity index (χ3n) is 7.45. The molecule has 0 aliphatic carbocycles. The average molecular weight is 486 g/mol. The number of hydrogen-bond donors (Lipinski definition) is 0. The maximum absolute atomic E-state index is 2.39. The van der Waals surface area contributed by atoms with Crippen LogP contribution in [0.3, 0.4) is 0 Å². The van der Waals surface area contributed by atoms with Crippen molar-refractivity contribution in [3.63, 3.8) is 0 Å². The molecule has 0 amide bonds. The van der Waals surface area contributed by atoms with E-state index in [0.717, 1.165) is 0 Å². The minimum Gasteiger partial charge on any atom is -0.309 e. The van der Waals surface area contributed by atoms with Crippen LogP contribution in [0.2, 0.25) is 0 Å². The molecule has 0 aliphatic rings. The van der Waals surface area contributed by atoms with E-state index in [1.807, 2.05) is 0 Å². The number of aromatic nitrogens is 1. The Labute approximate surface area is 222 Å². The molecule has 0 radical (unpaired) electrons. The summed E-state index contributed by atoms with van der Waals surface area (Å²) in [6.07, 6.45) is 4.34. The van der Waals surface area contributed by atoms with Crippen molar-refractivity contribution in [3.8, 4) is 16.8 Å². The zero-order valence-corrected chi connectivity index (χ0v) is 21.3. The third-order valence-corrected chi connectivity index (χ3v) is 7.45. The molecule has 6 aromatic carbocycles. The molecule has 1 heterocycles. The summed E-state index contributed by atoms with van der Waals surface area (Å²) in [6, 6.07) is 48.3. The van der Waals surface area contributed by atoms with E-state index in [9.17, 15) is 0 Å². The van der Waals surface area contributed by atoms with Gasteiger partial charge >= 0.3 is 0 Å². The highest BCUT2D eigenvalue weighted by Gasteiger charge is 2.13. The molecule has 0 N–H and O–H groups in total. The van der Waals surface area contributed by atoms with Gasteiger partial charge < -0.3 is 4.57 Å². The first kappa shape index (κ1) is 22.3. The lowest BCUT2D eigenvalue weighted by molar-refractivity contribution is 1.19. The van der Waals surface area contributed by atoms with Gasteiger partial charge in [-0.05, 0) is 70.3 Å². The van der Waals surface area contributed by atoms with Crippen molar-refractivity contribution in [2.24, 2.45) is 0 Å². The third kappa shape index (κ3) is 3.99. The topological polar surface area (TPSA) is 4.93 Å². The largest absolute Gasteiger partial charge is 0.309 e. The van der Waals surface area contributed by atoms with Crippen molar-refractivity contribution in [1.29, 1.82) is 0 Å². The molecule has 0 saturated carbocycles. The summed E-state index contributed by atoms with van der Waals surface area (Å²) in [4.78, 5) is 0. The normalized spacial score (nSPS) is 11.7. The standard InChI is InChI=1S/C37H27N/c1-26-10-12-27(13-11-26)14-15-28-16-18-30(19-17-28)32-21-23-37-35(25-32)34-8-4-5-9-36(34)38(37)33-22-20-29-6-2-3-7-31(29)24-33/h2-25H,1H3. The summed E-state index contributed by atoms with van der Waals surface area (Å²) in [6.45, 7) is 2.12. The molecule has 0 aliphatic heterocycles. The van der Waals surface area contributed by atoms with Crippen molar-refractivity contribution >= 4 is 44.7 Å². The van der Waals surface area contributed by atoms with Crippen molar-refractivity contribution < 1.29 is 0 Å². The van der Waals surface area contributed by atoms with Crippen LogP contribution in [-0.4, -0.2) is 4.57 Å². The quantitative estimate of drug-likeness (QED) is 0.219. The lowest BCUT2D eigenvalue weighted by Gasteiger charge is -2.10. The van der Waals surface area contributed by atoms with Crippen molar-refractivity contribution in [3.05, 3.63) is 150 Å². The lowest BCUT2D eigenvalue weighted by atomic mass is 10.0. The summed E-state index contributed by atoms with van der Waals surface area (Å²) >= 11 is 0. The van der Waals surface area contributed by atoms with Gasteiger partial charge in [0.1, 0.15) is 0 Å². The maximum Gasteiger partial charge on any atom is 0.0541 e. The Morgan fingerprint density at radius 2 is 1.11 bits per heavy atom. The van der Waals surface area contributed by atoms with E-state index in [1.54, 1.807) is 0 Å². The highest BCUT2D eigenvalue weighted by atomic mass is 15.0. The molecule has 1 aromatic heterocycles. The summed E-state index contributed by atoms with van der Waals surface area (Å²) in [5.74, 6) is 0. The number of rotatable bonds is 4. The fourth-order valence-corrected chi connectivity index (χ4v) is 5.40. The van der Waals surface area contributed by atoms with E-state index in [4.69, 9.17) is 0 Å². The maximum atomic E-state index is 2.39. The van der Waals surface area contributed by atoms with E-state index < -0.39 is 0 Å². The number of nitrogens with zero attached hydrogens (tertiary/aromatic N) is 1. The molecule has 0 bridgehead atoms. The van der Waals surface area contributed by atoms with Crippen LogP contribution < -0.4 is 0 Å². The smallest absolute Gasteiger partial charge is 0.0541 e. The SMILES string of the molecule is Cc1ccc(C=Cc2ccc(-c3ccc4c(c3)c3ccccc3n4-c3ccc4ccccc4c3)cc2)cc1. The molecule has 1 nitrogen and oxygen atoms in total. The van der Waals surface area contributed by atoms with Crippen molar-refractivity contribution in [2.75, 3.05) is 0 Å². The highest BCUT2D eigenvalue weighted by molar-refractivity contribution is 6.10. The highest BCUT2D eigenvalue weighted by Crippen LogP contribution is 2.35. The molecule has 1 heteroatoms. The number of aryl methyl sites for hydroxylation is 1. The minimum atomic E-state index is 1.19. The Morgan fingerprint density at radius 3 is 1.89 bits per heavy atom. The van der Waals surface area contributed by atoms with Gasteiger partial charge in [-0.1, -0.05) is 121 Å². The lowest BCUT2D eigenvalue weighted by Crippen LogP contribution is -1.93. The minimum absolute atomic E-state index is 1.19. The van der Waals surface area contributed by atoms with Crippen molar-refractivity contribution in [2.45, 2.75) is 6.92 Å². The molecule has 38 heavy (non-hydrogen) atoms. The summed E-state index contributed by atoms with van der Waals surface area (Å²) in [5, 5.41) is 5.06. The Balaban J connectivity index is 1.28. The summed E-state index contributed by atoms with van der Waals surface area (Å²) in [7, 11) is 0. The van der Waals surface area contributed by atoms with E-state index >= 15 is 0 Å². The van der Waals surface area contributed by atoms with Crippen LogP contribution in [0.5, 0.6) is 0 Å². The predicted molar refractivity (Wildman–Crippen MR) is 164 cm³/mol. The van der Waals surface area contributed by atoms with E-state index in [-0.39, 0.29) is 0 Å². The van der Waals surface area contributed by atoms with Gasteiger partial charge in [0.05, 0.1) is 11.0 Å². The van der Waals surface area contributed by atoms with Crippen LogP contribution in [-0.2, 0) is 0 Å². The van der Waals surface area contributed by atoms with Crippen LogP contribution >= 0.6 is 0 Å². The zero-order chi connectivity index (χ0) is 25.5. The average Bonchev–Trinajstić information content (AvgIpc) is 3.31. The van der Waals surface area contributed by atoms with E-state index in [2.05, 4.69) is 157 Å². The second kappa shape index (κ2) is 9.21. The molecule has 7 aromatic rings. The Hall–Kier alpha value is -4.88. The molecule has 0 unspecified atom stereocenters. The van der Waals surface area contributed by atoms with Crippen LogP contribution in [0, 0.1) is 6.92 Å². The second-order valence-electron chi connectivity index (χ2n) is 9.98. The van der Waals surface area contributed by atoms with Crippen LogP contribution in [0.15, 0.2) is 133 Å². The van der Waals surface area contributed by atoms with Crippen molar-refractivity contribution in [1.82, 2.24) is 4.57 Å². The monoisotopic (exact) mass is 485 g/mol. The van der Waals surface area contributed by atoms with Gasteiger partial charge in [-0.25, -0.2) is 0 Å². The van der Waals surface area contributed by atoms with Gasteiger partial charge in [0.2, 0.25) is 0 Å². The Bertz CT molecular complexity index is 1950. The van der Waals surface area contributed by atoms with Gasteiger partial charge in [-0.3, -0.25) is 0 Å². The zero-order valence-electron chi connectivity index (χ0n) is 21.3. The Morgan fingerprint density at radius 1 is 0.474 bits per heavy atom. The Kier molecular flexibility index (Phi) is 5.41. The van der Waals surface area contributed by atoms with Gasteiger partial charge in [0, 0.05) is 16.5 Å². The van der Waals surface area contributed by atoms with Crippen LogP contribution in [0.25, 0.3) is 61.5 Å². The summed E-state index contributed by atoms with van der Waals surface area (Å²) in [5.41, 5.74) is 9.79. The molecular weight excluding hydrogens is 458 g/mol. The molecule has 0 fully saturated rings. The number of benzene rings is 6. The van der Waals surface area contributed by atoms with Crippen LogP contribution in [0.1, 0.15) is 16.7 Å². The fraction of sp³-hybridized carbons (Fsp3) is 0.0270. The molecule has 0 saturated heterocycles. The molecule has 7 rings (SSSR count). The molecule has 180 valence electrons. The van der Waals surface area contributed by atoms with Crippen LogP contribution in [0.4, 0.5) is 0 Å². The second-order valence-corrected chi connectivity index (χ2v) is 9.98. The molecular formula is C37H27N. The van der Waals surface area contributed by atoms with E-state index in [0.29, 0.717) is 0 Å². The first-order valence-corrected chi connectivity index (χ1v) is 13.1. The molecule has 0 atom stereocenters. The predicted octanol–water partition coefficient (Wildman–Crippen LogP) is 10.1. The summed E-state index contributed by atoms with van der Waals surface area (Å²) < 4.78 is 2.39. The first-order valence-electron chi connectivity index (χ1n) is 13.1. The van der Waals surface area contributed by atoms with Gasteiger partial charge in [-0.2, -0.15) is 0 Å². The first-order chi connectivity index (χ1) is 18.7. The van der Waals surface area contributed by atoms with Gasteiger partial charge in [-0.15, -0.1) is 0 Å².